The molecule has 1 saturated carbocycles. The fourth-order valence-corrected chi connectivity index (χ4v) is 5.38. The molecule has 38 heavy (non-hydrogen) atoms. The van der Waals surface area contributed by atoms with Gasteiger partial charge >= 0.3 is 6.03 Å². The number of nitrogens with one attached hydrogen (secondary N) is 2. The Morgan fingerprint density at radius 3 is 2.68 bits per heavy atom. The monoisotopic (exact) mass is 527 g/mol. The molecule has 0 unspecified atom stereocenters. The molecule has 2 amide bonds. The van der Waals surface area contributed by atoms with E-state index in [0.717, 1.165) is 69.5 Å². The second-order valence-corrected chi connectivity index (χ2v) is 10.5. The van der Waals surface area contributed by atoms with Gasteiger partial charge in [0.05, 0.1) is 37.2 Å². The third-order valence-electron chi connectivity index (χ3n) is 7.93. The van der Waals surface area contributed by atoms with Crippen LogP contribution in [0.5, 0.6) is 0 Å². The maximum absolute atomic E-state index is 13.3. The minimum absolute atomic E-state index is 0. The minimum atomic E-state index is -0.273. The molecule has 4 N–H and O–H groups in total. The van der Waals surface area contributed by atoms with Crippen LogP contribution in [0.15, 0.2) is 29.3 Å². The summed E-state index contributed by atoms with van der Waals surface area (Å²) < 4.78 is 12.4. The largest absolute Gasteiger partial charge is 0.481 e. The van der Waals surface area contributed by atoms with Crippen LogP contribution in [-0.4, -0.2) is 72.9 Å². The number of methoxy groups -OCH3 is 1. The number of piperidine rings is 1. The van der Waals surface area contributed by atoms with Crippen molar-refractivity contribution in [2.45, 2.75) is 56.5 Å². The van der Waals surface area contributed by atoms with Crippen LogP contribution in [0.1, 0.15) is 64.5 Å². The Kier molecular flexibility index (Phi) is 7.55. The summed E-state index contributed by atoms with van der Waals surface area (Å²) in [6.45, 7) is 2.70. The lowest BCUT2D eigenvalue weighted by atomic mass is 10.0. The summed E-state index contributed by atoms with van der Waals surface area (Å²) in [5, 5.41) is 10.9. The van der Waals surface area contributed by atoms with Gasteiger partial charge in [-0.2, -0.15) is 0 Å². The van der Waals surface area contributed by atoms with Gasteiger partial charge in [-0.25, -0.2) is 9.78 Å². The van der Waals surface area contributed by atoms with Gasteiger partial charge in [0.1, 0.15) is 11.5 Å². The van der Waals surface area contributed by atoms with E-state index in [9.17, 15) is 9.59 Å². The molecule has 0 aromatic carbocycles. The first-order valence-corrected chi connectivity index (χ1v) is 13.4. The average Bonchev–Trinajstić information content (AvgIpc) is 3.80. The molecular weight excluding hydrogens is 486 g/mol. The Balaban J connectivity index is 0.00000220. The highest BCUT2D eigenvalue weighted by molar-refractivity contribution is 5.96. The molecule has 208 valence electrons. The van der Waals surface area contributed by atoms with Gasteiger partial charge in [0.15, 0.2) is 0 Å². The molecule has 2 aliphatic heterocycles. The second kappa shape index (κ2) is 11.0. The first-order chi connectivity index (χ1) is 18.4. The van der Waals surface area contributed by atoms with Crippen molar-refractivity contribution in [3.63, 3.8) is 0 Å². The molecule has 1 aliphatic carbocycles. The van der Waals surface area contributed by atoms with Crippen molar-refractivity contribution in [2.24, 2.45) is 0 Å². The Hall–Kier alpha value is -3.60. The molecule has 11 heteroatoms. The predicted octanol–water partition coefficient (Wildman–Crippen LogP) is 3.65. The van der Waals surface area contributed by atoms with Gasteiger partial charge in [0.25, 0.3) is 5.56 Å². The summed E-state index contributed by atoms with van der Waals surface area (Å²) in [5.41, 5.74) is 8.52. The highest BCUT2D eigenvalue weighted by atomic mass is 16.5. The van der Waals surface area contributed by atoms with Crippen LogP contribution in [0.4, 0.5) is 22.0 Å². The van der Waals surface area contributed by atoms with Gasteiger partial charge in [-0.15, -0.1) is 0 Å². The number of urea groups is 1. The van der Waals surface area contributed by atoms with E-state index < -0.39 is 0 Å². The minimum Gasteiger partial charge on any atom is -0.481 e. The summed E-state index contributed by atoms with van der Waals surface area (Å²) in [6.07, 6.45) is 9.25. The Morgan fingerprint density at radius 2 is 2.03 bits per heavy atom. The van der Waals surface area contributed by atoms with E-state index >= 15 is 0 Å². The van der Waals surface area contributed by atoms with E-state index in [1.807, 2.05) is 18.3 Å². The molecule has 1 atom stereocenters. The molecule has 3 aliphatic rings. The summed E-state index contributed by atoms with van der Waals surface area (Å²) >= 11 is 0. The lowest BCUT2D eigenvalue weighted by Gasteiger charge is -2.37. The van der Waals surface area contributed by atoms with Crippen molar-refractivity contribution in [3.05, 3.63) is 46.0 Å². The number of nitrogen functional groups attached to an aromatic ring is 1. The highest BCUT2D eigenvalue weighted by Crippen LogP contribution is 2.40. The number of aromatic nitrogens is 2. The lowest BCUT2D eigenvalue weighted by Crippen LogP contribution is -2.47. The summed E-state index contributed by atoms with van der Waals surface area (Å²) in [7, 11) is 3.22. The summed E-state index contributed by atoms with van der Waals surface area (Å²) in [6, 6.07) is 3.44. The Labute approximate surface area is 225 Å². The smallest absolute Gasteiger partial charge is 0.321 e. The highest BCUT2D eigenvalue weighted by Gasteiger charge is 2.30. The normalized spacial score (nSPS) is 20.2. The molecule has 3 fully saturated rings. The topological polar surface area (TPSA) is 139 Å². The molecule has 4 heterocycles. The standard InChI is InChI=1S/C27H37N7O4.2H2/c1-32(19-7-9-33(10-8-19)21-13-22(25(29)37-2)24(28)30-14-21)27(36)31-23-12-18(17-5-6-17)15-34(26(23)35)20-4-3-11-38-16-20;;/h12-15,17,19-20,29H,3-11,16H2,1-2H3,(H2,28,30)(H,31,36);2*1H/t20-;;/m1../s1. The van der Waals surface area contributed by atoms with Crippen LogP contribution in [0.25, 0.3) is 0 Å². The average molecular weight is 528 g/mol. The molecular formula is C27H41N7O4. The molecule has 2 aromatic rings. The number of hydrogen-bond acceptors (Lipinski definition) is 8. The van der Waals surface area contributed by atoms with Crippen molar-refractivity contribution in [1.82, 2.24) is 14.5 Å². The van der Waals surface area contributed by atoms with E-state index in [-0.39, 0.29) is 38.2 Å². The number of nitrogens with zero attached hydrogens (tertiary/aromatic N) is 4. The zero-order valence-corrected chi connectivity index (χ0v) is 22.1. The zero-order chi connectivity index (χ0) is 26.8. The number of amides is 2. The number of ether oxygens (including phenoxy) is 2. The fourth-order valence-electron chi connectivity index (χ4n) is 5.38. The quantitative estimate of drug-likeness (QED) is 0.385. The van der Waals surface area contributed by atoms with E-state index in [1.165, 1.54) is 7.11 Å². The van der Waals surface area contributed by atoms with Crippen LogP contribution < -0.4 is 21.5 Å². The van der Waals surface area contributed by atoms with Crippen LogP contribution >= 0.6 is 0 Å². The van der Waals surface area contributed by atoms with Crippen molar-refractivity contribution in [2.75, 3.05) is 56.4 Å². The van der Waals surface area contributed by atoms with E-state index in [4.69, 9.17) is 20.6 Å². The molecule has 11 nitrogen and oxygen atoms in total. The zero-order valence-electron chi connectivity index (χ0n) is 22.1. The number of hydrogen-bond donors (Lipinski definition) is 3. The van der Waals surface area contributed by atoms with Crippen LogP contribution in [0.2, 0.25) is 0 Å². The van der Waals surface area contributed by atoms with Crippen molar-refractivity contribution < 1.29 is 17.1 Å². The maximum Gasteiger partial charge on any atom is 0.321 e. The third-order valence-corrected chi connectivity index (χ3v) is 7.93. The molecule has 0 spiro atoms. The Bertz CT molecular complexity index is 1260. The van der Waals surface area contributed by atoms with Crippen LogP contribution in [0, 0.1) is 5.41 Å². The number of carbonyl (C=O) groups excluding carboxylic acids is 1. The number of anilines is 3. The van der Waals surface area contributed by atoms with Crippen molar-refractivity contribution in [3.8, 4) is 0 Å². The summed E-state index contributed by atoms with van der Waals surface area (Å²) in [5.74, 6) is 0.691. The summed E-state index contributed by atoms with van der Waals surface area (Å²) in [4.78, 5) is 34.7. The van der Waals surface area contributed by atoms with Gasteiger partial charge < -0.3 is 34.9 Å². The number of carbonyl (C=O) groups is 1. The lowest BCUT2D eigenvalue weighted by molar-refractivity contribution is 0.0580. The van der Waals surface area contributed by atoms with Gasteiger partial charge in [0, 0.05) is 41.8 Å². The van der Waals surface area contributed by atoms with Gasteiger partial charge in [0.2, 0.25) is 5.90 Å². The third kappa shape index (κ3) is 5.47. The van der Waals surface area contributed by atoms with Gasteiger partial charge in [-0.05, 0) is 62.1 Å². The van der Waals surface area contributed by atoms with Crippen LogP contribution in [0.3, 0.4) is 0 Å². The maximum atomic E-state index is 13.3. The SMILES string of the molecule is COC(=N)c1cc(N2CCC(N(C)C(=O)Nc3cc(C4CC4)cn([C@@H]4CCCOC4)c3=O)CC2)cnc1N.[HH].[HH]. The molecule has 5 rings (SSSR count). The van der Waals surface area contributed by atoms with Gasteiger partial charge in [-0.3, -0.25) is 10.2 Å². The number of nitrogens with two attached hydrogens (primary N) is 1. The predicted molar refractivity (Wildman–Crippen MR) is 150 cm³/mol. The molecule has 2 saturated heterocycles. The second-order valence-electron chi connectivity index (χ2n) is 10.5. The number of rotatable bonds is 6. The van der Waals surface area contributed by atoms with Crippen LogP contribution in [-0.2, 0) is 9.47 Å². The first kappa shape index (κ1) is 26.0. The Morgan fingerprint density at radius 1 is 1.26 bits per heavy atom. The molecule has 0 radical (unpaired) electrons. The number of pyridine rings is 2. The van der Waals surface area contributed by atoms with E-state index in [0.29, 0.717) is 23.8 Å². The molecule has 2 aromatic heterocycles. The van der Waals surface area contributed by atoms with Gasteiger partial charge in [-0.1, -0.05) is 0 Å². The molecule has 0 bridgehead atoms. The van der Waals surface area contributed by atoms with Crippen molar-refractivity contribution in [1.29, 1.82) is 5.41 Å². The fraction of sp³-hybridized carbons (Fsp3) is 0.556. The van der Waals surface area contributed by atoms with E-state index in [1.54, 1.807) is 22.7 Å². The van der Waals surface area contributed by atoms with E-state index in [2.05, 4.69) is 15.2 Å². The first-order valence-electron chi connectivity index (χ1n) is 13.4. The van der Waals surface area contributed by atoms with Crippen molar-refractivity contribution >= 4 is 29.1 Å².